The molecule has 0 spiro atoms. The highest BCUT2D eigenvalue weighted by Gasteiger charge is 2.31. The van der Waals surface area contributed by atoms with Gasteiger partial charge in [0.05, 0.1) is 6.10 Å². The Balaban J connectivity index is 2.37. The molecule has 0 bridgehead atoms. The van der Waals surface area contributed by atoms with Crippen LogP contribution in [0.2, 0.25) is 0 Å². The molecule has 1 N–H and O–H groups in total. The number of anilines is 1. The van der Waals surface area contributed by atoms with Crippen LogP contribution in [0.25, 0.3) is 0 Å². The molecule has 1 heterocycles. The molecule has 18 heavy (non-hydrogen) atoms. The molecule has 1 aromatic rings. The minimum absolute atomic E-state index is 0.341. The van der Waals surface area contributed by atoms with Crippen LogP contribution in [0, 0.1) is 0 Å². The monoisotopic (exact) mass is 247 g/mol. The van der Waals surface area contributed by atoms with Crippen LogP contribution in [0.4, 0.5) is 5.69 Å². The molecular formula is C16H25NO. The average molecular weight is 247 g/mol. The van der Waals surface area contributed by atoms with Gasteiger partial charge < -0.3 is 10.0 Å². The first kappa shape index (κ1) is 13.4. The van der Waals surface area contributed by atoms with Crippen LogP contribution in [-0.4, -0.2) is 17.2 Å². The van der Waals surface area contributed by atoms with E-state index in [1.165, 1.54) is 24.9 Å². The maximum absolute atomic E-state index is 10.2. The van der Waals surface area contributed by atoms with Crippen molar-refractivity contribution < 1.29 is 5.11 Å². The van der Waals surface area contributed by atoms with Crippen molar-refractivity contribution in [3.63, 3.8) is 0 Å². The molecule has 0 radical (unpaired) electrons. The van der Waals surface area contributed by atoms with Crippen LogP contribution in [-0.2, 0) is 0 Å². The van der Waals surface area contributed by atoms with E-state index >= 15 is 0 Å². The van der Waals surface area contributed by atoms with Crippen molar-refractivity contribution >= 4 is 5.69 Å². The first-order valence-corrected chi connectivity index (χ1v) is 7.24. The average Bonchev–Trinajstić information content (AvgIpc) is 2.78. The fourth-order valence-corrected chi connectivity index (χ4v) is 3.13. The molecule has 0 aliphatic carbocycles. The van der Waals surface area contributed by atoms with E-state index in [2.05, 4.69) is 36.9 Å². The molecular weight excluding hydrogens is 222 g/mol. The maximum Gasteiger partial charge on any atom is 0.0807 e. The topological polar surface area (TPSA) is 23.5 Å². The zero-order chi connectivity index (χ0) is 13.1. The fraction of sp³-hybridized carbons (Fsp3) is 0.625. The second-order valence-corrected chi connectivity index (χ2v) is 5.38. The molecule has 1 aliphatic heterocycles. The molecule has 2 heteroatoms. The van der Waals surface area contributed by atoms with Crippen molar-refractivity contribution in [2.45, 2.75) is 64.6 Å². The van der Waals surface area contributed by atoms with Gasteiger partial charge in [-0.15, -0.1) is 0 Å². The van der Waals surface area contributed by atoms with Gasteiger partial charge in [0.1, 0.15) is 0 Å². The van der Waals surface area contributed by atoms with Crippen molar-refractivity contribution in [1.29, 1.82) is 0 Å². The molecule has 0 amide bonds. The van der Waals surface area contributed by atoms with E-state index in [-0.39, 0.29) is 6.10 Å². The molecule has 1 fully saturated rings. The summed E-state index contributed by atoms with van der Waals surface area (Å²) in [5, 5.41) is 10.2. The summed E-state index contributed by atoms with van der Waals surface area (Å²) in [6, 6.07) is 9.56. The normalized spacial score (nSPS) is 25.4. The summed E-state index contributed by atoms with van der Waals surface area (Å²) in [6.07, 6.45) is 4.15. The molecule has 1 aromatic carbocycles. The Labute approximate surface area is 111 Å². The second kappa shape index (κ2) is 5.75. The third kappa shape index (κ3) is 2.39. The zero-order valence-electron chi connectivity index (χ0n) is 11.8. The van der Waals surface area contributed by atoms with Crippen molar-refractivity contribution in [1.82, 2.24) is 0 Å². The van der Waals surface area contributed by atoms with Crippen LogP contribution in [0.3, 0.4) is 0 Å². The lowest BCUT2D eigenvalue weighted by molar-refractivity contribution is 0.174. The van der Waals surface area contributed by atoms with E-state index in [4.69, 9.17) is 0 Å². The molecule has 0 saturated carbocycles. The first-order chi connectivity index (χ1) is 8.69. The number of rotatable bonds is 4. The number of hydrogen-bond donors (Lipinski definition) is 1. The van der Waals surface area contributed by atoms with E-state index < -0.39 is 0 Å². The summed E-state index contributed by atoms with van der Waals surface area (Å²) in [6.45, 7) is 6.59. The Bertz CT molecular complexity index is 390. The molecule has 100 valence electrons. The highest BCUT2D eigenvalue weighted by molar-refractivity contribution is 5.57. The van der Waals surface area contributed by atoms with Gasteiger partial charge in [-0.25, -0.2) is 0 Å². The SMILES string of the molecule is CCC1CCC(C)N1c1ccccc1[C@@H](O)CC. The highest BCUT2D eigenvalue weighted by atomic mass is 16.3. The molecule has 0 aromatic heterocycles. The smallest absolute Gasteiger partial charge is 0.0807 e. The summed E-state index contributed by atoms with van der Waals surface area (Å²) < 4.78 is 0. The number of aliphatic hydroxyl groups is 1. The molecule has 1 aliphatic rings. The lowest BCUT2D eigenvalue weighted by Crippen LogP contribution is -2.35. The van der Waals surface area contributed by atoms with Gasteiger partial charge in [-0.3, -0.25) is 0 Å². The van der Waals surface area contributed by atoms with E-state index in [1.807, 2.05) is 13.0 Å². The standard InChI is InChI=1S/C16H25NO/c1-4-13-11-10-12(3)17(13)15-9-7-6-8-14(15)16(18)5-2/h6-9,12-13,16,18H,4-5,10-11H2,1-3H3/t12?,13?,16-/m0/s1. The van der Waals surface area contributed by atoms with E-state index in [9.17, 15) is 5.11 Å². The quantitative estimate of drug-likeness (QED) is 0.872. The summed E-state index contributed by atoms with van der Waals surface area (Å²) in [4.78, 5) is 2.52. The highest BCUT2D eigenvalue weighted by Crippen LogP contribution is 2.36. The van der Waals surface area contributed by atoms with Gasteiger partial charge in [0.25, 0.3) is 0 Å². The Morgan fingerprint density at radius 3 is 2.67 bits per heavy atom. The van der Waals surface area contributed by atoms with Gasteiger partial charge >= 0.3 is 0 Å². The Morgan fingerprint density at radius 2 is 2.00 bits per heavy atom. The summed E-state index contributed by atoms with van der Waals surface area (Å²) in [7, 11) is 0. The second-order valence-electron chi connectivity index (χ2n) is 5.38. The van der Waals surface area contributed by atoms with Crippen LogP contribution in [0.15, 0.2) is 24.3 Å². The minimum atomic E-state index is -0.341. The number of para-hydroxylation sites is 1. The third-order valence-electron chi connectivity index (χ3n) is 4.22. The van der Waals surface area contributed by atoms with Crippen molar-refractivity contribution in [3.05, 3.63) is 29.8 Å². The van der Waals surface area contributed by atoms with Gasteiger partial charge in [-0.1, -0.05) is 32.0 Å². The number of aliphatic hydroxyl groups excluding tert-OH is 1. The largest absolute Gasteiger partial charge is 0.388 e. The van der Waals surface area contributed by atoms with Gasteiger partial charge in [0.2, 0.25) is 0 Å². The van der Waals surface area contributed by atoms with Crippen LogP contribution < -0.4 is 4.90 Å². The number of nitrogens with zero attached hydrogens (tertiary/aromatic N) is 1. The Hall–Kier alpha value is -1.02. The molecule has 3 atom stereocenters. The lowest BCUT2D eigenvalue weighted by atomic mass is 10.0. The van der Waals surface area contributed by atoms with Crippen molar-refractivity contribution in [2.75, 3.05) is 4.90 Å². The summed E-state index contributed by atoms with van der Waals surface area (Å²) >= 11 is 0. The van der Waals surface area contributed by atoms with Crippen molar-refractivity contribution in [2.24, 2.45) is 0 Å². The predicted molar refractivity (Wildman–Crippen MR) is 76.9 cm³/mol. The van der Waals surface area contributed by atoms with Gasteiger partial charge in [-0.2, -0.15) is 0 Å². The van der Waals surface area contributed by atoms with E-state index in [1.54, 1.807) is 0 Å². The molecule has 2 rings (SSSR count). The van der Waals surface area contributed by atoms with E-state index in [0.717, 1.165) is 12.0 Å². The summed E-state index contributed by atoms with van der Waals surface area (Å²) in [5.74, 6) is 0. The molecule has 2 unspecified atom stereocenters. The number of hydrogen-bond acceptors (Lipinski definition) is 2. The Kier molecular flexibility index (Phi) is 4.28. The Morgan fingerprint density at radius 1 is 1.28 bits per heavy atom. The number of benzene rings is 1. The minimum Gasteiger partial charge on any atom is -0.388 e. The third-order valence-corrected chi connectivity index (χ3v) is 4.22. The predicted octanol–water partition coefficient (Wildman–Crippen LogP) is 3.90. The first-order valence-electron chi connectivity index (χ1n) is 7.24. The van der Waals surface area contributed by atoms with E-state index in [0.29, 0.717) is 12.1 Å². The molecule has 1 saturated heterocycles. The van der Waals surface area contributed by atoms with Gasteiger partial charge in [-0.05, 0) is 38.7 Å². The van der Waals surface area contributed by atoms with Crippen LogP contribution >= 0.6 is 0 Å². The fourth-order valence-electron chi connectivity index (χ4n) is 3.13. The maximum atomic E-state index is 10.2. The van der Waals surface area contributed by atoms with Gasteiger partial charge in [0, 0.05) is 23.3 Å². The molecule has 2 nitrogen and oxygen atoms in total. The zero-order valence-corrected chi connectivity index (χ0v) is 11.8. The van der Waals surface area contributed by atoms with Crippen molar-refractivity contribution in [3.8, 4) is 0 Å². The van der Waals surface area contributed by atoms with Gasteiger partial charge in [0.15, 0.2) is 0 Å². The van der Waals surface area contributed by atoms with Crippen LogP contribution in [0.1, 0.15) is 58.1 Å². The lowest BCUT2D eigenvalue weighted by Gasteiger charge is -2.33. The summed E-state index contributed by atoms with van der Waals surface area (Å²) in [5.41, 5.74) is 2.33. The van der Waals surface area contributed by atoms with Crippen LogP contribution in [0.5, 0.6) is 0 Å².